The topological polar surface area (TPSA) is 41.6 Å². The molecule has 3 nitrogen and oxygen atoms in total. The summed E-state index contributed by atoms with van der Waals surface area (Å²) in [5.41, 5.74) is 2.77. The van der Waals surface area contributed by atoms with E-state index >= 15 is 0 Å². The van der Waals surface area contributed by atoms with Crippen LogP contribution in [0.2, 0.25) is 0 Å². The molecule has 0 amide bonds. The van der Waals surface area contributed by atoms with Gasteiger partial charge in [-0.1, -0.05) is 6.07 Å². The van der Waals surface area contributed by atoms with Crippen LogP contribution in [0.4, 0.5) is 0 Å². The zero-order valence-corrected chi connectivity index (χ0v) is 8.51. The molecule has 0 saturated carbocycles. The molecule has 0 bridgehead atoms. The lowest BCUT2D eigenvalue weighted by Gasteiger charge is -2.00. The molecule has 2 heterocycles. The van der Waals surface area contributed by atoms with Crippen molar-refractivity contribution in [3.8, 4) is 11.4 Å². The summed E-state index contributed by atoms with van der Waals surface area (Å²) in [5.74, 6) is 0. The van der Waals surface area contributed by atoms with Gasteiger partial charge < -0.3 is 4.98 Å². The summed E-state index contributed by atoms with van der Waals surface area (Å²) >= 11 is 4.94. The molecule has 2 rings (SSSR count). The Kier molecular flexibility index (Phi) is 2.37. The molecule has 1 N–H and O–H groups in total. The second kappa shape index (κ2) is 3.67. The van der Waals surface area contributed by atoms with Crippen molar-refractivity contribution < 1.29 is 0 Å². The van der Waals surface area contributed by atoms with Crippen molar-refractivity contribution in [1.29, 1.82) is 0 Å². The van der Waals surface area contributed by atoms with Gasteiger partial charge in [0, 0.05) is 11.9 Å². The van der Waals surface area contributed by atoms with Crippen molar-refractivity contribution in [2.24, 2.45) is 0 Å². The van der Waals surface area contributed by atoms with Crippen molar-refractivity contribution >= 4 is 12.2 Å². The standard InChI is InChI=1S/C10H9N3S/c1-7-3-2-4-8(12-7)9-5-6-11-10(14)13-9/h2-6H,1H3,(H,11,13,14). The van der Waals surface area contributed by atoms with E-state index in [9.17, 15) is 0 Å². The molecular formula is C10H9N3S. The fourth-order valence-corrected chi connectivity index (χ4v) is 1.38. The van der Waals surface area contributed by atoms with Crippen LogP contribution in [0, 0.1) is 11.7 Å². The number of pyridine rings is 1. The molecule has 0 saturated heterocycles. The van der Waals surface area contributed by atoms with E-state index in [2.05, 4.69) is 15.0 Å². The van der Waals surface area contributed by atoms with E-state index in [1.807, 2.05) is 31.2 Å². The van der Waals surface area contributed by atoms with Gasteiger partial charge in [0.05, 0.1) is 11.4 Å². The minimum absolute atomic E-state index is 0.478. The normalized spacial score (nSPS) is 10.1. The molecule has 14 heavy (non-hydrogen) atoms. The number of rotatable bonds is 1. The van der Waals surface area contributed by atoms with Crippen LogP contribution in [-0.2, 0) is 0 Å². The second-order valence-electron chi connectivity index (χ2n) is 2.95. The lowest BCUT2D eigenvalue weighted by atomic mass is 10.2. The average Bonchev–Trinajstić information content (AvgIpc) is 2.18. The smallest absolute Gasteiger partial charge is 0.197 e. The van der Waals surface area contributed by atoms with E-state index in [1.54, 1.807) is 6.20 Å². The zero-order valence-electron chi connectivity index (χ0n) is 7.69. The first kappa shape index (κ1) is 9.02. The van der Waals surface area contributed by atoms with Gasteiger partial charge in [-0.25, -0.2) is 4.98 Å². The van der Waals surface area contributed by atoms with Crippen molar-refractivity contribution in [3.05, 3.63) is 40.9 Å². The maximum Gasteiger partial charge on any atom is 0.197 e. The Bertz CT molecular complexity index is 504. The second-order valence-corrected chi connectivity index (χ2v) is 3.34. The Labute approximate surface area is 86.9 Å². The van der Waals surface area contributed by atoms with Crippen LogP contribution < -0.4 is 0 Å². The lowest BCUT2D eigenvalue weighted by molar-refractivity contribution is 1.11. The van der Waals surface area contributed by atoms with Gasteiger partial charge in [0.2, 0.25) is 0 Å². The molecule has 0 aliphatic heterocycles. The molecule has 0 spiro atoms. The molecule has 0 fully saturated rings. The van der Waals surface area contributed by atoms with Gasteiger partial charge in [-0.3, -0.25) is 4.98 Å². The van der Waals surface area contributed by atoms with E-state index in [0.29, 0.717) is 4.77 Å². The summed E-state index contributed by atoms with van der Waals surface area (Å²) in [6.07, 6.45) is 1.68. The molecule has 0 aromatic carbocycles. The van der Waals surface area contributed by atoms with Gasteiger partial charge in [-0.2, -0.15) is 0 Å². The number of H-pyrrole nitrogens is 1. The Hall–Kier alpha value is -1.55. The highest BCUT2D eigenvalue weighted by molar-refractivity contribution is 7.71. The van der Waals surface area contributed by atoms with Crippen LogP contribution in [0.25, 0.3) is 11.4 Å². The minimum atomic E-state index is 0.478. The van der Waals surface area contributed by atoms with Crippen LogP contribution in [0.3, 0.4) is 0 Å². The van der Waals surface area contributed by atoms with Gasteiger partial charge in [-0.15, -0.1) is 0 Å². The molecule has 4 heteroatoms. The maximum absolute atomic E-state index is 4.94. The average molecular weight is 203 g/mol. The Morgan fingerprint density at radius 2 is 2.14 bits per heavy atom. The number of nitrogens with one attached hydrogen (secondary N) is 1. The highest BCUT2D eigenvalue weighted by Gasteiger charge is 1.98. The summed E-state index contributed by atoms with van der Waals surface area (Å²) in [6.45, 7) is 1.96. The van der Waals surface area contributed by atoms with E-state index in [4.69, 9.17) is 12.2 Å². The minimum Gasteiger partial charge on any atom is -0.329 e. The third-order valence-electron chi connectivity index (χ3n) is 1.84. The number of aryl methyl sites for hydroxylation is 1. The molecule has 0 aliphatic rings. The third kappa shape index (κ3) is 1.85. The van der Waals surface area contributed by atoms with Crippen molar-refractivity contribution in [3.63, 3.8) is 0 Å². The highest BCUT2D eigenvalue weighted by atomic mass is 32.1. The first-order chi connectivity index (χ1) is 6.75. The van der Waals surface area contributed by atoms with Crippen molar-refractivity contribution in [2.45, 2.75) is 6.92 Å². The molecule has 2 aromatic heterocycles. The Balaban J connectivity index is 2.55. The van der Waals surface area contributed by atoms with Crippen LogP contribution in [0.1, 0.15) is 5.69 Å². The van der Waals surface area contributed by atoms with E-state index < -0.39 is 0 Å². The van der Waals surface area contributed by atoms with Crippen molar-refractivity contribution in [1.82, 2.24) is 15.0 Å². The SMILES string of the molecule is Cc1cccc(-c2ccnc(=S)[nH]2)n1. The van der Waals surface area contributed by atoms with Crippen molar-refractivity contribution in [2.75, 3.05) is 0 Å². The fourth-order valence-electron chi connectivity index (χ4n) is 1.21. The van der Waals surface area contributed by atoms with Crippen LogP contribution in [0.5, 0.6) is 0 Å². The number of aromatic amines is 1. The largest absolute Gasteiger partial charge is 0.329 e. The van der Waals surface area contributed by atoms with E-state index in [0.717, 1.165) is 17.1 Å². The predicted molar refractivity (Wildman–Crippen MR) is 57.4 cm³/mol. The number of hydrogen-bond acceptors (Lipinski definition) is 3. The molecule has 2 aromatic rings. The Morgan fingerprint density at radius 1 is 1.29 bits per heavy atom. The van der Waals surface area contributed by atoms with E-state index in [1.165, 1.54) is 0 Å². The fraction of sp³-hybridized carbons (Fsp3) is 0.100. The van der Waals surface area contributed by atoms with Gasteiger partial charge in [0.25, 0.3) is 0 Å². The van der Waals surface area contributed by atoms with Gasteiger partial charge in [0.15, 0.2) is 4.77 Å². The number of aromatic nitrogens is 3. The number of hydrogen-bond donors (Lipinski definition) is 1. The monoisotopic (exact) mass is 203 g/mol. The quantitative estimate of drug-likeness (QED) is 0.724. The molecular weight excluding hydrogens is 194 g/mol. The zero-order chi connectivity index (χ0) is 9.97. The summed E-state index contributed by atoms with van der Waals surface area (Å²) in [7, 11) is 0. The van der Waals surface area contributed by atoms with Gasteiger partial charge in [0.1, 0.15) is 0 Å². The van der Waals surface area contributed by atoms with Crippen LogP contribution >= 0.6 is 12.2 Å². The summed E-state index contributed by atoms with van der Waals surface area (Å²) in [4.78, 5) is 11.3. The molecule has 0 aliphatic carbocycles. The summed E-state index contributed by atoms with van der Waals surface area (Å²) < 4.78 is 0.478. The molecule has 0 atom stereocenters. The first-order valence-corrected chi connectivity index (χ1v) is 4.66. The van der Waals surface area contributed by atoms with Gasteiger partial charge in [-0.05, 0) is 37.3 Å². The third-order valence-corrected chi connectivity index (χ3v) is 2.05. The maximum atomic E-state index is 4.94. The van der Waals surface area contributed by atoms with E-state index in [-0.39, 0.29) is 0 Å². The van der Waals surface area contributed by atoms with Gasteiger partial charge >= 0.3 is 0 Å². The van der Waals surface area contributed by atoms with Crippen LogP contribution in [-0.4, -0.2) is 15.0 Å². The summed E-state index contributed by atoms with van der Waals surface area (Å²) in [6, 6.07) is 7.72. The molecule has 70 valence electrons. The highest BCUT2D eigenvalue weighted by Crippen LogP contribution is 2.12. The lowest BCUT2D eigenvalue weighted by Crippen LogP contribution is -1.90. The number of nitrogens with zero attached hydrogens (tertiary/aromatic N) is 2. The summed E-state index contributed by atoms with van der Waals surface area (Å²) in [5, 5.41) is 0. The Morgan fingerprint density at radius 3 is 2.86 bits per heavy atom. The molecule has 0 radical (unpaired) electrons. The van der Waals surface area contributed by atoms with Crippen LogP contribution in [0.15, 0.2) is 30.5 Å². The first-order valence-electron chi connectivity index (χ1n) is 4.25. The predicted octanol–water partition coefficient (Wildman–Crippen LogP) is 2.51. The molecule has 0 unspecified atom stereocenters.